The summed E-state index contributed by atoms with van der Waals surface area (Å²) in [6, 6.07) is 0. The van der Waals surface area contributed by atoms with Gasteiger partial charge >= 0.3 is 0 Å². The molecule has 0 aliphatic heterocycles. The third-order valence-electron chi connectivity index (χ3n) is 7.66. The fraction of sp³-hybridized carbons (Fsp3) is 0.636. The molecular formula is C22H32Si. The van der Waals surface area contributed by atoms with Gasteiger partial charge in [-0.15, -0.1) is 0 Å². The molecule has 0 heterocycles. The van der Waals surface area contributed by atoms with Gasteiger partial charge in [0.25, 0.3) is 0 Å². The first-order valence-electron chi connectivity index (χ1n) is 9.70. The van der Waals surface area contributed by atoms with Crippen LogP contribution in [0.2, 0.25) is 24.2 Å². The molecule has 8 atom stereocenters. The molecule has 0 saturated heterocycles. The molecule has 2 saturated carbocycles. The summed E-state index contributed by atoms with van der Waals surface area (Å²) in [5, 5.41) is 0. The van der Waals surface area contributed by atoms with Crippen molar-refractivity contribution in [2.24, 2.45) is 35.5 Å². The quantitative estimate of drug-likeness (QED) is 0.528. The lowest BCUT2D eigenvalue weighted by atomic mass is 9.91. The molecule has 4 aliphatic carbocycles. The predicted molar refractivity (Wildman–Crippen MR) is 103 cm³/mol. The summed E-state index contributed by atoms with van der Waals surface area (Å²) in [5.41, 5.74) is 1.92. The lowest BCUT2D eigenvalue weighted by Crippen LogP contribution is -2.45. The molecule has 124 valence electrons. The minimum atomic E-state index is -1.35. The summed E-state index contributed by atoms with van der Waals surface area (Å²) < 4.78 is 0. The van der Waals surface area contributed by atoms with E-state index in [0.29, 0.717) is 0 Å². The second kappa shape index (κ2) is 5.62. The zero-order chi connectivity index (χ0) is 16.2. The van der Waals surface area contributed by atoms with E-state index in [4.69, 9.17) is 0 Å². The number of hydrogen-bond acceptors (Lipinski definition) is 0. The van der Waals surface area contributed by atoms with Crippen LogP contribution in [-0.2, 0) is 0 Å². The summed E-state index contributed by atoms with van der Waals surface area (Å²) in [6.07, 6.45) is 22.1. The molecule has 23 heavy (non-hydrogen) atoms. The molecule has 0 radical (unpaired) electrons. The Bertz CT molecular complexity index is 529. The van der Waals surface area contributed by atoms with Crippen LogP contribution in [-0.4, -0.2) is 8.07 Å². The highest BCUT2D eigenvalue weighted by Gasteiger charge is 2.56. The molecule has 0 N–H and O–H groups in total. The van der Waals surface area contributed by atoms with Crippen molar-refractivity contribution in [1.29, 1.82) is 0 Å². The maximum Gasteiger partial charge on any atom is 0.0553 e. The zero-order valence-electron chi connectivity index (χ0n) is 15.2. The van der Waals surface area contributed by atoms with Crippen LogP contribution in [0.3, 0.4) is 0 Å². The van der Waals surface area contributed by atoms with Crippen LogP contribution in [0.5, 0.6) is 0 Å². The maximum absolute atomic E-state index is 2.73. The van der Waals surface area contributed by atoms with Crippen LogP contribution < -0.4 is 0 Å². The van der Waals surface area contributed by atoms with Gasteiger partial charge in [-0.25, -0.2) is 0 Å². The van der Waals surface area contributed by atoms with Gasteiger partial charge in [0.15, 0.2) is 0 Å². The lowest BCUT2D eigenvalue weighted by molar-refractivity contribution is 0.491. The Morgan fingerprint density at radius 1 is 0.652 bits per heavy atom. The topological polar surface area (TPSA) is 0 Å². The van der Waals surface area contributed by atoms with Gasteiger partial charge in [-0.05, 0) is 59.4 Å². The minimum absolute atomic E-state index is 0.820. The third-order valence-corrected chi connectivity index (χ3v) is 13.0. The van der Waals surface area contributed by atoms with Crippen molar-refractivity contribution in [2.75, 3.05) is 0 Å². The average Bonchev–Trinajstić information content (AvgIpc) is 3.02. The molecule has 2 fully saturated rings. The van der Waals surface area contributed by atoms with E-state index in [1.165, 1.54) is 12.8 Å². The molecule has 0 spiro atoms. The first kappa shape index (κ1) is 15.7. The fourth-order valence-corrected chi connectivity index (χ4v) is 13.5. The van der Waals surface area contributed by atoms with E-state index in [1.807, 2.05) is 0 Å². The normalized spacial score (nSPS) is 47.8. The number of allylic oxidation sites excluding steroid dienone is 8. The van der Waals surface area contributed by atoms with Crippen LogP contribution >= 0.6 is 0 Å². The molecule has 0 aromatic heterocycles. The molecule has 1 heteroatoms. The Balaban J connectivity index is 1.67. The number of hydrogen-bond donors (Lipinski definition) is 0. The zero-order valence-corrected chi connectivity index (χ0v) is 16.2. The predicted octanol–water partition coefficient (Wildman–Crippen LogP) is 6.23. The molecule has 0 nitrogen and oxygen atoms in total. The van der Waals surface area contributed by atoms with Crippen molar-refractivity contribution in [3.63, 3.8) is 0 Å². The van der Waals surface area contributed by atoms with Gasteiger partial charge in [0.1, 0.15) is 0 Å². The van der Waals surface area contributed by atoms with Crippen molar-refractivity contribution in [3.8, 4) is 0 Å². The van der Waals surface area contributed by atoms with E-state index in [2.05, 4.69) is 75.5 Å². The summed E-state index contributed by atoms with van der Waals surface area (Å²) in [6.45, 7) is 10.6. The monoisotopic (exact) mass is 324 g/mol. The Morgan fingerprint density at radius 3 is 1.48 bits per heavy atom. The van der Waals surface area contributed by atoms with E-state index in [0.717, 1.165) is 46.6 Å². The fourth-order valence-electron chi connectivity index (χ4n) is 7.18. The maximum atomic E-state index is 2.73. The van der Waals surface area contributed by atoms with Gasteiger partial charge in [0.05, 0.1) is 8.07 Å². The highest BCUT2D eigenvalue weighted by molar-refractivity contribution is 6.80. The van der Waals surface area contributed by atoms with Crippen molar-refractivity contribution >= 4 is 8.07 Å². The van der Waals surface area contributed by atoms with Gasteiger partial charge in [0, 0.05) is 0 Å². The third kappa shape index (κ3) is 2.38. The second-order valence-electron chi connectivity index (χ2n) is 9.32. The number of fused-ring (bicyclic) bond motifs is 2. The highest BCUT2D eigenvalue weighted by Crippen LogP contribution is 2.62. The summed E-state index contributed by atoms with van der Waals surface area (Å²) in [5.74, 6) is 5.08. The van der Waals surface area contributed by atoms with Gasteiger partial charge in [-0.3, -0.25) is 0 Å². The Morgan fingerprint density at radius 2 is 1.04 bits per heavy atom. The van der Waals surface area contributed by atoms with Crippen molar-refractivity contribution in [2.45, 2.75) is 50.9 Å². The number of rotatable bonds is 2. The molecule has 0 bridgehead atoms. The highest BCUT2D eigenvalue weighted by atomic mass is 28.3. The summed E-state index contributed by atoms with van der Waals surface area (Å²) in [4.78, 5) is 0. The van der Waals surface area contributed by atoms with E-state index in [9.17, 15) is 0 Å². The Kier molecular flexibility index (Phi) is 3.83. The summed E-state index contributed by atoms with van der Waals surface area (Å²) >= 11 is 0. The molecular weight excluding hydrogens is 292 g/mol. The first-order chi connectivity index (χ1) is 11.0. The van der Waals surface area contributed by atoms with Crippen LogP contribution in [0.4, 0.5) is 0 Å². The van der Waals surface area contributed by atoms with E-state index in [1.54, 1.807) is 0 Å². The van der Waals surface area contributed by atoms with Crippen molar-refractivity contribution in [1.82, 2.24) is 0 Å². The van der Waals surface area contributed by atoms with Gasteiger partial charge in [-0.2, -0.15) is 0 Å². The standard InChI is InChI=1S/C22H32Si/c1-15-13-17-9-5-7-11-19(17)21(15)23(3,4)22-16(2)14-18-10-6-8-12-20(18)22/h5-12,15-22H,13-14H2,1-4H3/t15-,16?,17?,18?,19?,20?,21?,22?/m0/s1. The van der Waals surface area contributed by atoms with E-state index in [-0.39, 0.29) is 0 Å². The Hall–Kier alpha value is -0.823. The van der Waals surface area contributed by atoms with Crippen LogP contribution in [0.15, 0.2) is 48.6 Å². The van der Waals surface area contributed by atoms with Crippen molar-refractivity contribution < 1.29 is 0 Å². The van der Waals surface area contributed by atoms with Crippen LogP contribution in [0, 0.1) is 35.5 Å². The molecule has 0 amide bonds. The second-order valence-corrected chi connectivity index (χ2v) is 14.3. The molecule has 4 rings (SSSR count). The van der Waals surface area contributed by atoms with E-state index >= 15 is 0 Å². The minimum Gasteiger partial charge on any atom is -0.0808 e. The largest absolute Gasteiger partial charge is 0.0808 e. The van der Waals surface area contributed by atoms with E-state index < -0.39 is 8.07 Å². The first-order valence-corrected chi connectivity index (χ1v) is 12.9. The Labute approximate surface area is 143 Å². The molecule has 0 aromatic rings. The van der Waals surface area contributed by atoms with Crippen molar-refractivity contribution in [3.05, 3.63) is 48.6 Å². The van der Waals surface area contributed by atoms with Gasteiger partial charge in [-0.1, -0.05) is 75.5 Å². The van der Waals surface area contributed by atoms with Crippen LogP contribution in [0.1, 0.15) is 26.7 Å². The smallest absolute Gasteiger partial charge is 0.0553 e. The average molecular weight is 325 g/mol. The van der Waals surface area contributed by atoms with Crippen LogP contribution in [0.25, 0.3) is 0 Å². The molecule has 0 aromatic carbocycles. The lowest BCUT2D eigenvalue weighted by Gasteiger charge is -2.45. The SMILES string of the molecule is CC1CC2C=CC=CC2C1[Si](C)(C)C1C2C=CC=CC2C[C@@H]1C. The van der Waals surface area contributed by atoms with Gasteiger partial charge in [0.2, 0.25) is 0 Å². The molecule has 4 aliphatic rings. The molecule has 7 unspecified atom stereocenters. The van der Waals surface area contributed by atoms with Gasteiger partial charge < -0.3 is 0 Å². The summed E-state index contributed by atoms with van der Waals surface area (Å²) in [7, 11) is -1.35.